The Kier molecular flexibility index (Phi) is 10.9. The van der Waals surface area contributed by atoms with Gasteiger partial charge in [0.1, 0.15) is 11.6 Å². The minimum Gasteiger partial charge on any atom is -0.483 e. The van der Waals surface area contributed by atoms with Gasteiger partial charge in [0.15, 0.2) is 5.82 Å². The number of urea groups is 1. The number of nitrogens with one attached hydrogen (secondary N) is 1. The zero-order chi connectivity index (χ0) is 32.7. The van der Waals surface area contributed by atoms with E-state index in [0.29, 0.717) is 50.6 Å². The van der Waals surface area contributed by atoms with E-state index in [2.05, 4.69) is 15.0 Å². The largest absolute Gasteiger partial charge is 0.483 e. The van der Waals surface area contributed by atoms with Crippen molar-refractivity contribution in [2.24, 2.45) is 12.8 Å². The van der Waals surface area contributed by atoms with Crippen molar-refractivity contribution >= 4 is 41.6 Å². The van der Waals surface area contributed by atoms with Crippen molar-refractivity contribution in [1.29, 1.82) is 0 Å². The number of anilines is 1. The molecule has 2 aliphatic heterocycles. The standard InChI is InChI=1S/C28H30ClF2N7O4.CH2O2/c1-35-24(21-5-3-19(42-16-30)13-23(21)31)14-33-25(35)26(39)34-18-2-4-20(22(29)12-18)27(40)36-8-10-37(11-9-36)28(41)38-7-6-17(32)15-38;2-1-3/h2-5,12-14,17H,6-11,15-16,32H2,1H3,(H,34,39);1H,(H,2,3)/t17-;/m1./s1. The molecule has 2 saturated heterocycles. The number of benzene rings is 2. The summed E-state index contributed by atoms with van der Waals surface area (Å²) >= 11 is 6.44. The maximum absolute atomic E-state index is 14.6. The van der Waals surface area contributed by atoms with E-state index in [9.17, 15) is 23.2 Å². The molecule has 3 aromatic rings. The zero-order valence-electron chi connectivity index (χ0n) is 24.3. The lowest BCUT2D eigenvalue weighted by Gasteiger charge is -2.36. The SMILES string of the molecule is Cn1c(-c2ccc(OCF)cc2F)cnc1C(=O)Nc1ccc(C(=O)N2CCN(C(=O)N3CC[C@@H](N)C3)CC2)c(Cl)c1.O=CO. The number of carbonyl (C=O) groups is 4. The third-order valence-electron chi connectivity index (χ3n) is 7.42. The molecular formula is C29H32ClF2N7O6. The molecular weight excluding hydrogens is 616 g/mol. The molecule has 4 amide bonds. The van der Waals surface area contributed by atoms with Gasteiger partial charge in [-0.3, -0.25) is 14.4 Å². The highest BCUT2D eigenvalue weighted by Crippen LogP contribution is 2.28. The number of amides is 4. The molecule has 0 unspecified atom stereocenters. The van der Waals surface area contributed by atoms with Crippen molar-refractivity contribution in [3.8, 4) is 17.0 Å². The van der Waals surface area contributed by atoms with E-state index in [1.165, 1.54) is 35.0 Å². The van der Waals surface area contributed by atoms with Crippen LogP contribution in [0.5, 0.6) is 5.75 Å². The number of rotatable bonds is 6. The molecule has 2 aromatic carbocycles. The van der Waals surface area contributed by atoms with Gasteiger partial charge < -0.3 is 40.2 Å². The van der Waals surface area contributed by atoms with Gasteiger partial charge in [0.2, 0.25) is 6.86 Å². The minimum atomic E-state index is -1.08. The van der Waals surface area contributed by atoms with Crippen LogP contribution in [0.1, 0.15) is 27.4 Å². The Balaban J connectivity index is 0.00000148. The van der Waals surface area contributed by atoms with Crippen LogP contribution in [0.3, 0.4) is 0 Å². The molecule has 45 heavy (non-hydrogen) atoms. The van der Waals surface area contributed by atoms with Crippen LogP contribution < -0.4 is 15.8 Å². The zero-order valence-corrected chi connectivity index (χ0v) is 25.0. The Bertz CT molecular complexity index is 1560. The summed E-state index contributed by atoms with van der Waals surface area (Å²) in [5.74, 6) is -1.46. The number of hydrogen-bond acceptors (Lipinski definition) is 7. The first-order chi connectivity index (χ1) is 21.6. The third kappa shape index (κ3) is 7.67. The van der Waals surface area contributed by atoms with E-state index >= 15 is 0 Å². The normalized spacial score (nSPS) is 16.1. The number of nitrogens with two attached hydrogens (primary N) is 1. The molecule has 16 heteroatoms. The van der Waals surface area contributed by atoms with Gasteiger partial charge in [0, 0.05) is 69.7 Å². The second kappa shape index (κ2) is 14.8. The number of ether oxygens (including phenoxy) is 1. The van der Waals surface area contributed by atoms with Crippen LogP contribution in [-0.4, -0.2) is 106 Å². The maximum atomic E-state index is 14.6. The molecule has 0 spiro atoms. The number of nitrogens with zero attached hydrogens (tertiary/aromatic N) is 5. The lowest BCUT2D eigenvalue weighted by atomic mass is 10.1. The lowest BCUT2D eigenvalue weighted by Crippen LogP contribution is -2.54. The van der Waals surface area contributed by atoms with Crippen molar-refractivity contribution in [3.05, 3.63) is 64.8 Å². The van der Waals surface area contributed by atoms with Crippen LogP contribution in [-0.2, 0) is 11.8 Å². The number of aromatic nitrogens is 2. The number of piperazine rings is 1. The highest BCUT2D eigenvalue weighted by molar-refractivity contribution is 6.34. The number of alkyl halides is 1. The van der Waals surface area contributed by atoms with Crippen molar-refractivity contribution in [2.45, 2.75) is 12.5 Å². The molecule has 13 nitrogen and oxygen atoms in total. The first-order valence-electron chi connectivity index (χ1n) is 13.9. The highest BCUT2D eigenvalue weighted by atomic mass is 35.5. The first-order valence-corrected chi connectivity index (χ1v) is 14.2. The maximum Gasteiger partial charge on any atom is 0.320 e. The molecule has 4 N–H and O–H groups in total. The van der Waals surface area contributed by atoms with Crippen LogP contribution in [0.2, 0.25) is 5.02 Å². The number of carboxylic acid groups (broad SMARTS) is 1. The Morgan fingerprint density at radius 2 is 1.80 bits per heavy atom. The van der Waals surface area contributed by atoms with Crippen molar-refractivity contribution < 1.29 is 37.8 Å². The molecule has 240 valence electrons. The van der Waals surface area contributed by atoms with Crippen LogP contribution >= 0.6 is 11.6 Å². The van der Waals surface area contributed by atoms with Crippen LogP contribution in [0, 0.1) is 5.82 Å². The molecule has 2 fully saturated rings. The summed E-state index contributed by atoms with van der Waals surface area (Å²) in [5, 5.41) is 9.74. The fraction of sp³-hybridized carbons (Fsp3) is 0.345. The first kappa shape index (κ1) is 33.1. The number of hydrogen-bond donors (Lipinski definition) is 3. The van der Waals surface area contributed by atoms with Gasteiger partial charge >= 0.3 is 6.03 Å². The van der Waals surface area contributed by atoms with Gasteiger partial charge in [-0.15, -0.1) is 0 Å². The average Bonchev–Trinajstić information content (AvgIpc) is 3.62. The Morgan fingerprint density at radius 3 is 2.40 bits per heavy atom. The lowest BCUT2D eigenvalue weighted by molar-refractivity contribution is -0.122. The predicted molar refractivity (Wildman–Crippen MR) is 160 cm³/mol. The number of imidazole rings is 1. The fourth-order valence-corrected chi connectivity index (χ4v) is 5.37. The van der Waals surface area contributed by atoms with Crippen molar-refractivity contribution in [3.63, 3.8) is 0 Å². The van der Waals surface area contributed by atoms with Crippen LogP contribution in [0.15, 0.2) is 42.6 Å². The summed E-state index contributed by atoms with van der Waals surface area (Å²) in [5.41, 5.74) is 7.01. The highest BCUT2D eigenvalue weighted by Gasteiger charge is 2.31. The summed E-state index contributed by atoms with van der Waals surface area (Å²) in [4.78, 5) is 56.5. The van der Waals surface area contributed by atoms with E-state index in [1.807, 2.05) is 0 Å². The molecule has 0 saturated carbocycles. The number of likely N-dealkylation sites (tertiary alicyclic amines) is 1. The summed E-state index contributed by atoms with van der Waals surface area (Å²) in [6, 6.07) is 8.39. The van der Waals surface area contributed by atoms with Crippen molar-refractivity contribution in [2.75, 3.05) is 51.4 Å². The van der Waals surface area contributed by atoms with Gasteiger partial charge in [-0.05, 0) is 36.8 Å². The summed E-state index contributed by atoms with van der Waals surface area (Å²) in [6.45, 7) is 1.41. The van der Waals surface area contributed by atoms with E-state index in [1.54, 1.807) is 27.8 Å². The second-order valence-electron chi connectivity index (χ2n) is 10.2. The quantitative estimate of drug-likeness (QED) is 0.344. The van der Waals surface area contributed by atoms with Gasteiger partial charge in [0.05, 0.1) is 22.5 Å². The second-order valence-corrected chi connectivity index (χ2v) is 10.6. The molecule has 1 atom stereocenters. The van der Waals surface area contributed by atoms with E-state index in [-0.39, 0.29) is 52.2 Å². The van der Waals surface area contributed by atoms with Crippen LogP contribution in [0.25, 0.3) is 11.3 Å². The van der Waals surface area contributed by atoms with Gasteiger partial charge in [0.25, 0.3) is 18.3 Å². The van der Waals surface area contributed by atoms with E-state index in [4.69, 9.17) is 27.2 Å². The van der Waals surface area contributed by atoms with E-state index in [0.717, 1.165) is 12.5 Å². The smallest absolute Gasteiger partial charge is 0.320 e. The molecule has 2 aliphatic rings. The summed E-state index contributed by atoms with van der Waals surface area (Å²) in [7, 11) is 1.56. The Labute approximate surface area is 262 Å². The van der Waals surface area contributed by atoms with Gasteiger partial charge in [-0.1, -0.05) is 11.6 Å². The molecule has 0 radical (unpaired) electrons. The molecule has 5 rings (SSSR count). The summed E-state index contributed by atoms with van der Waals surface area (Å²) < 4.78 is 33.1. The third-order valence-corrected chi connectivity index (χ3v) is 7.73. The Hall–Kier alpha value is -4.76. The minimum absolute atomic E-state index is 0.00580. The molecule has 0 aliphatic carbocycles. The summed E-state index contributed by atoms with van der Waals surface area (Å²) in [6.07, 6.45) is 2.14. The monoisotopic (exact) mass is 647 g/mol. The molecule has 0 bridgehead atoms. The number of carbonyl (C=O) groups excluding carboxylic acids is 3. The topological polar surface area (TPSA) is 163 Å². The molecule has 3 heterocycles. The van der Waals surface area contributed by atoms with Crippen LogP contribution in [0.4, 0.5) is 19.3 Å². The molecule has 1 aromatic heterocycles. The number of halogens is 3. The van der Waals surface area contributed by atoms with Gasteiger partial charge in [-0.2, -0.15) is 0 Å². The van der Waals surface area contributed by atoms with Gasteiger partial charge in [-0.25, -0.2) is 18.6 Å². The van der Waals surface area contributed by atoms with Crippen molar-refractivity contribution in [1.82, 2.24) is 24.3 Å². The predicted octanol–water partition coefficient (Wildman–Crippen LogP) is 3.05. The fourth-order valence-electron chi connectivity index (χ4n) is 5.11. The average molecular weight is 648 g/mol. The van der Waals surface area contributed by atoms with E-state index < -0.39 is 18.6 Å². The Morgan fingerprint density at radius 1 is 1.11 bits per heavy atom.